The van der Waals surface area contributed by atoms with Crippen molar-refractivity contribution >= 4 is 0 Å². The van der Waals surface area contributed by atoms with Gasteiger partial charge in [-0.25, -0.2) is 0 Å². The lowest BCUT2D eigenvalue weighted by atomic mass is 9.71. The average molecular weight is 196 g/mol. The van der Waals surface area contributed by atoms with E-state index in [4.69, 9.17) is 4.74 Å². The van der Waals surface area contributed by atoms with Crippen molar-refractivity contribution in [3.63, 3.8) is 0 Å². The fraction of sp³-hybridized carbons (Fsp3) is 0.833. The molecule has 0 aliphatic heterocycles. The lowest BCUT2D eigenvalue weighted by Gasteiger charge is -2.39. The first-order chi connectivity index (χ1) is 6.44. The number of rotatable bonds is 1. The van der Waals surface area contributed by atoms with Gasteiger partial charge in [-0.3, -0.25) is 0 Å². The van der Waals surface area contributed by atoms with Crippen molar-refractivity contribution in [2.45, 2.75) is 45.3 Å². The molecule has 80 valence electrons. The van der Waals surface area contributed by atoms with E-state index in [1.807, 2.05) is 6.08 Å². The van der Waals surface area contributed by atoms with Gasteiger partial charge in [0.15, 0.2) is 0 Å². The van der Waals surface area contributed by atoms with Crippen LogP contribution in [0, 0.1) is 11.3 Å². The second-order valence-corrected chi connectivity index (χ2v) is 5.26. The van der Waals surface area contributed by atoms with Gasteiger partial charge in [0.1, 0.15) is 6.10 Å². The molecular weight excluding hydrogens is 176 g/mol. The Morgan fingerprint density at radius 3 is 2.79 bits per heavy atom. The summed E-state index contributed by atoms with van der Waals surface area (Å²) in [7, 11) is 1.72. The molecule has 1 fully saturated rings. The molecule has 0 heterocycles. The molecule has 4 atom stereocenters. The Bertz CT molecular complexity index is 284. The molecule has 0 amide bonds. The molecule has 14 heavy (non-hydrogen) atoms. The van der Waals surface area contributed by atoms with E-state index in [2.05, 4.69) is 20.8 Å². The van der Waals surface area contributed by atoms with Crippen LogP contribution in [0.5, 0.6) is 0 Å². The Morgan fingerprint density at radius 2 is 2.21 bits per heavy atom. The molecule has 1 N–H and O–H groups in total. The van der Waals surface area contributed by atoms with Crippen LogP contribution in [0.25, 0.3) is 0 Å². The summed E-state index contributed by atoms with van der Waals surface area (Å²) >= 11 is 0. The summed E-state index contributed by atoms with van der Waals surface area (Å²) in [6.07, 6.45) is 3.48. The zero-order valence-electron chi connectivity index (χ0n) is 9.50. The van der Waals surface area contributed by atoms with Gasteiger partial charge in [-0.15, -0.1) is 0 Å². The van der Waals surface area contributed by atoms with Crippen LogP contribution in [0.2, 0.25) is 0 Å². The SMILES string of the molecule is COC12CC(C)C(C)(C1)C(C)=CC2O. The minimum absolute atomic E-state index is 0.231. The third kappa shape index (κ3) is 1.04. The maximum absolute atomic E-state index is 10.0. The molecule has 2 nitrogen and oxygen atoms in total. The fourth-order valence-corrected chi connectivity index (χ4v) is 3.22. The van der Waals surface area contributed by atoms with Gasteiger partial charge in [0, 0.05) is 7.11 Å². The van der Waals surface area contributed by atoms with E-state index < -0.39 is 6.10 Å². The quantitative estimate of drug-likeness (QED) is 0.651. The van der Waals surface area contributed by atoms with Crippen LogP contribution >= 0.6 is 0 Å². The smallest absolute Gasteiger partial charge is 0.101 e. The largest absolute Gasteiger partial charge is 0.386 e. The average Bonchev–Trinajstić information content (AvgIpc) is 2.37. The van der Waals surface area contributed by atoms with Crippen LogP contribution in [-0.4, -0.2) is 23.9 Å². The van der Waals surface area contributed by atoms with E-state index in [1.54, 1.807) is 7.11 Å². The molecule has 2 rings (SSSR count). The Labute approximate surface area is 86.0 Å². The highest BCUT2D eigenvalue weighted by Gasteiger charge is 2.57. The second-order valence-electron chi connectivity index (χ2n) is 5.26. The monoisotopic (exact) mass is 196 g/mol. The third-order valence-corrected chi connectivity index (χ3v) is 4.66. The summed E-state index contributed by atoms with van der Waals surface area (Å²) in [5, 5.41) is 10.0. The van der Waals surface area contributed by atoms with E-state index in [0.717, 1.165) is 12.8 Å². The van der Waals surface area contributed by atoms with Gasteiger partial charge < -0.3 is 9.84 Å². The van der Waals surface area contributed by atoms with Gasteiger partial charge in [0.2, 0.25) is 0 Å². The number of aliphatic hydroxyl groups is 1. The van der Waals surface area contributed by atoms with E-state index in [-0.39, 0.29) is 11.0 Å². The van der Waals surface area contributed by atoms with Crippen molar-refractivity contribution < 1.29 is 9.84 Å². The molecular formula is C12H20O2. The van der Waals surface area contributed by atoms with Crippen molar-refractivity contribution in [1.82, 2.24) is 0 Å². The predicted octanol–water partition coefficient (Wildman–Crippen LogP) is 2.13. The van der Waals surface area contributed by atoms with Crippen LogP contribution < -0.4 is 0 Å². The van der Waals surface area contributed by atoms with Crippen LogP contribution in [-0.2, 0) is 4.74 Å². The van der Waals surface area contributed by atoms with Gasteiger partial charge >= 0.3 is 0 Å². The second kappa shape index (κ2) is 2.83. The van der Waals surface area contributed by atoms with Crippen LogP contribution in [0.4, 0.5) is 0 Å². The van der Waals surface area contributed by atoms with E-state index >= 15 is 0 Å². The highest BCUT2D eigenvalue weighted by molar-refractivity contribution is 5.28. The van der Waals surface area contributed by atoms with Crippen molar-refractivity contribution in [3.05, 3.63) is 11.6 Å². The highest BCUT2D eigenvalue weighted by Crippen LogP contribution is 2.58. The Morgan fingerprint density at radius 1 is 1.57 bits per heavy atom. The summed E-state index contributed by atoms with van der Waals surface area (Å²) < 4.78 is 5.57. The summed E-state index contributed by atoms with van der Waals surface area (Å²) in [6.45, 7) is 6.68. The van der Waals surface area contributed by atoms with Crippen molar-refractivity contribution in [1.29, 1.82) is 0 Å². The van der Waals surface area contributed by atoms with Crippen LogP contribution in [0.3, 0.4) is 0 Å². The number of allylic oxidation sites excluding steroid dienone is 1. The van der Waals surface area contributed by atoms with E-state index in [9.17, 15) is 5.11 Å². The lowest BCUT2D eigenvalue weighted by molar-refractivity contribution is -0.0884. The number of hydrogen-bond acceptors (Lipinski definition) is 2. The zero-order valence-corrected chi connectivity index (χ0v) is 9.50. The van der Waals surface area contributed by atoms with E-state index in [0.29, 0.717) is 5.92 Å². The fourth-order valence-electron chi connectivity index (χ4n) is 3.22. The molecule has 0 aromatic heterocycles. The maximum Gasteiger partial charge on any atom is 0.101 e. The van der Waals surface area contributed by atoms with Gasteiger partial charge in [-0.05, 0) is 31.1 Å². The molecule has 0 spiro atoms. The standard InChI is InChI=1S/C12H20O2/c1-8-5-10(13)12(14-4)6-9(2)11(8,3)7-12/h5,9-10,13H,6-7H2,1-4H3. The molecule has 0 saturated heterocycles. The molecule has 4 unspecified atom stereocenters. The van der Waals surface area contributed by atoms with Crippen LogP contribution in [0.15, 0.2) is 11.6 Å². The minimum Gasteiger partial charge on any atom is -0.386 e. The lowest BCUT2D eigenvalue weighted by Crippen LogP contribution is -2.44. The van der Waals surface area contributed by atoms with Crippen molar-refractivity contribution in [3.8, 4) is 0 Å². The predicted molar refractivity (Wildman–Crippen MR) is 56.0 cm³/mol. The van der Waals surface area contributed by atoms with Gasteiger partial charge in [-0.1, -0.05) is 25.5 Å². The van der Waals surface area contributed by atoms with Gasteiger partial charge in [0.25, 0.3) is 0 Å². The van der Waals surface area contributed by atoms with Crippen molar-refractivity contribution in [2.75, 3.05) is 7.11 Å². The molecule has 2 aliphatic carbocycles. The Kier molecular flexibility index (Phi) is 2.06. The molecule has 2 heteroatoms. The first kappa shape index (κ1) is 10.2. The maximum atomic E-state index is 10.0. The van der Waals surface area contributed by atoms with Gasteiger partial charge in [0.05, 0.1) is 5.60 Å². The summed E-state index contributed by atoms with van der Waals surface area (Å²) in [4.78, 5) is 0. The number of aliphatic hydroxyl groups excluding tert-OH is 1. The molecule has 1 saturated carbocycles. The summed E-state index contributed by atoms with van der Waals surface area (Å²) in [6, 6.07) is 0. The topological polar surface area (TPSA) is 29.5 Å². The molecule has 0 aromatic rings. The molecule has 0 radical (unpaired) electrons. The summed E-state index contributed by atoms with van der Waals surface area (Å²) in [5.41, 5.74) is 1.24. The minimum atomic E-state index is -0.425. The summed E-state index contributed by atoms with van der Waals surface area (Å²) in [5.74, 6) is 0.593. The number of fused-ring (bicyclic) bond motifs is 2. The van der Waals surface area contributed by atoms with Crippen molar-refractivity contribution in [2.24, 2.45) is 11.3 Å². The first-order valence-corrected chi connectivity index (χ1v) is 5.37. The Balaban J connectivity index is 2.45. The van der Waals surface area contributed by atoms with Crippen LogP contribution in [0.1, 0.15) is 33.6 Å². The third-order valence-electron chi connectivity index (χ3n) is 4.66. The zero-order chi connectivity index (χ0) is 10.6. The first-order valence-electron chi connectivity index (χ1n) is 5.37. The normalized spacial score (nSPS) is 51.9. The van der Waals surface area contributed by atoms with E-state index in [1.165, 1.54) is 5.57 Å². The molecule has 2 aliphatic rings. The van der Waals surface area contributed by atoms with Gasteiger partial charge in [-0.2, -0.15) is 0 Å². The Hall–Kier alpha value is -0.340. The number of methoxy groups -OCH3 is 1. The molecule has 2 bridgehead atoms. The molecule has 0 aromatic carbocycles. The number of ether oxygens (including phenoxy) is 1. The number of hydrogen-bond donors (Lipinski definition) is 1. The highest BCUT2D eigenvalue weighted by atomic mass is 16.5.